The van der Waals surface area contributed by atoms with E-state index >= 15 is 0 Å². The molecule has 0 aliphatic carbocycles. The Bertz CT molecular complexity index is 370. The predicted molar refractivity (Wildman–Crippen MR) is 71.3 cm³/mol. The number of ether oxygens (including phenoxy) is 1. The smallest absolute Gasteiger partial charge is 0.118 e. The average molecular weight is 252 g/mol. The lowest BCUT2D eigenvalue weighted by molar-refractivity contribution is -0.00340. The van der Waals surface area contributed by atoms with Crippen molar-refractivity contribution < 1.29 is 9.15 Å². The average Bonchev–Trinajstić information content (AvgIpc) is 2.70. The van der Waals surface area contributed by atoms with Crippen LogP contribution < -0.4 is 5.73 Å². The molecule has 102 valence electrons. The van der Waals surface area contributed by atoms with Crippen LogP contribution in [0.5, 0.6) is 0 Å². The summed E-state index contributed by atoms with van der Waals surface area (Å²) in [5, 5.41) is 0. The molecule has 1 aromatic heterocycles. The first kappa shape index (κ1) is 13.6. The zero-order valence-corrected chi connectivity index (χ0v) is 11.4. The van der Waals surface area contributed by atoms with Crippen molar-refractivity contribution in [2.75, 3.05) is 20.2 Å². The van der Waals surface area contributed by atoms with Gasteiger partial charge in [0, 0.05) is 25.3 Å². The Hall–Kier alpha value is -0.840. The van der Waals surface area contributed by atoms with Crippen molar-refractivity contribution in [2.24, 2.45) is 5.73 Å². The number of rotatable bonds is 5. The summed E-state index contributed by atoms with van der Waals surface area (Å²) in [4.78, 5) is 2.26. The number of hydrogen-bond donors (Lipinski definition) is 1. The molecule has 0 spiro atoms. The summed E-state index contributed by atoms with van der Waals surface area (Å²) in [5.74, 6) is 1.93. The SMILES string of the molecule is Cc1oc(CN(C)CC2CCCCO2)cc1CN. The minimum Gasteiger partial charge on any atom is -0.465 e. The fourth-order valence-corrected chi connectivity index (χ4v) is 2.50. The fraction of sp³-hybridized carbons (Fsp3) is 0.714. The first-order valence-electron chi connectivity index (χ1n) is 6.77. The Morgan fingerprint density at radius 3 is 2.89 bits per heavy atom. The molecule has 1 unspecified atom stereocenters. The second-order valence-electron chi connectivity index (χ2n) is 5.18. The molecule has 0 radical (unpaired) electrons. The maximum atomic E-state index is 5.74. The summed E-state index contributed by atoms with van der Waals surface area (Å²) in [5.41, 5.74) is 6.75. The largest absolute Gasteiger partial charge is 0.465 e. The third kappa shape index (κ3) is 3.57. The van der Waals surface area contributed by atoms with Crippen LogP contribution in [0.15, 0.2) is 10.5 Å². The van der Waals surface area contributed by atoms with Crippen molar-refractivity contribution in [3.63, 3.8) is 0 Å². The standard InChI is InChI=1S/C14H24N2O2/c1-11-12(8-15)7-14(18-11)10-16(2)9-13-5-3-4-6-17-13/h7,13H,3-6,8-10,15H2,1-2H3. The molecular formula is C14H24N2O2. The normalized spacial score (nSPS) is 20.6. The van der Waals surface area contributed by atoms with Crippen molar-refractivity contribution in [1.29, 1.82) is 0 Å². The van der Waals surface area contributed by atoms with Crippen LogP contribution in [0, 0.1) is 6.92 Å². The van der Waals surface area contributed by atoms with Crippen molar-refractivity contribution in [3.05, 3.63) is 23.2 Å². The first-order valence-corrected chi connectivity index (χ1v) is 6.77. The highest BCUT2D eigenvalue weighted by atomic mass is 16.5. The number of nitrogens with zero attached hydrogens (tertiary/aromatic N) is 1. The lowest BCUT2D eigenvalue weighted by Crippen LogP contribution is -2.32. The topological polar surface area (TPSA) is 51.6 Å². The Morgan fingerprint density at radius 2 is 2.28 bits per heavy atom. The zero-order valence-electron chi connectivity index (χ0n) is 11.4. The summed E-state index contributed by atoms with van der Waals surface area (Å²) >= 11 is 0. The molecule has 0 aromatic carbocycles. The lowest BCUT2D eigenvalue weighted by atomic mass is 10.1. The van der Waals surface area contributed by atoms with E-state index < -0.39 is 0 Å². The maximum Gasteiger partial charge on any atom is 0.118 e. The van der Waals surface area contributed by atoms with Crippen LogP contribution in [-0.4, -0.2) is 31.2 Å². The van der Waals surface area contributed by atoms with E-state index in [-0.39, 0.29) is 0 Å². The quantitative estimate of drug-likeness (QED) is 0.871. The molecule has 1 aromatic rings. The van der Waals surface area contributed by atoms with Gasteiger partial charge >= 0.3 is 0 Å². The molecule has 1 fully saturated rings. The highest BCUT2D eigenvalue weighted by Gasteiger charge is 2.17. The van der Waals surface area contributed by atoms with Crippen LogP contribution in [0.25, 0.3) is 0 Å². The number of furan rings is 1. The highest BCUT2D eigenvalue weighted by molar-refractivity contribution is 5.20. The number of nitrogens with two attached hydrogens (primary N) is 1. The van der Waals surface area contributed by atoms with Gasteiger partial charge < -0.3 is 14.9 Å². The molecule has 1 saturated heterocycles. The summed E-state index contributed by atoms with van der Waals surface area (Å²) < 4.78 is 11.4. The molecule has 1 aliphatic rings. The van der Waals surface area contributed by atoms with Gasteiger partial charge in [0.25, 0.3) is 0 Å². The van der Waals surface area contributed by atoms with Gasteiger partial charge in [-0.25, -0.2) is 0 Å². The molecular weight excluding hydrogens is 228 g/mol. The Balaban J connectivity index is 1.83. The predicted octanol–water partition coefficient (Wildman–Crippen LogP) is 2.05. The van der Waals surface area contributed by atoms with Crippen LogP contribution in [0.1, 0.15) is 36.3 Å². The Labute approximate surface area is 109 Å². The minimum absolute atomic E-state index is 0.383. The van der Waals surface area contributed by atoms with Gasteiger partial charge in [-0.15, -0.1) is 0 Å². The van der Waals surface area contributed by atoms with Crippen LogP contribution in [0.3, 0.4) is 0 Å². The summed E-state index contributed by atoms with van der Waals surface area (Å²) in [6.07, 6.45) is 4.05. The van der Waals surface area contributed by atoms with E-state index in [1.54, 1.807) is 0 Å². The summed E-state index contributed by atoms with van der Waals surface area (Å²) in [6, 6.07) is 2.06. The molecule has 4 heteroatoms. The van der Waals surface area contributed by atoms with Crippen LogP contribution in [0.4, 0.5) is 0 Å². The van der Waals surface area contributed by atoms with Gasteiger partial charge in [-0.2, -0.15) is 0 Å². The van der Waals surface area contributed by atoms with Crippen molar-refractivity contribution in [1.82, 2.24) is 4.90 Å². The van der Waals surface area contributed by atoms with E-state index in [4.69, 9.17) is 14.9 Å². The molecule has 1 atom stereocenters. The molecule has 1 aliphatic heterocycles. The van der Waals surface area contributed by atoms with Gasteiger partial charge in [-0.05, 0) is 39.3 Å². The van der Waals surface area contributed by atoms with E-state index in [0.717, 1.165) is 36.8 Å². The molecule has 0 bridgehead atoms. The maximum absolute atomic E-state index is 5.74. The third-order valence-corrected chi connectivity index (χ3v) is 3.51. The van der Waals surface area contributed by atoms with Gasteiger partial charge in [-0.1, -0.05) is 0 Å². The summed E-state index contributed by atoms with van der Waals surface area (Å²) in [6.45, 7) is 5.22. The van der Waals surface area contributed by atoms with Gasteiger partial charge in [0.1, 0.15) is 11.5 Å². The first-order chi connectivity index (χ1) is 8.69. The van der Waals surface area contributed by atoms with Crippen LogP contribution in [0.2, 0.25) is 0 Å². The lowest BCUT2D eigenvalue weighted by Gasteiger charge is -2.26. The van der Waals surface area contributed by atoms with Gasteiger partial charge in [0.15, 0.2) is 0 Å². The summed E-state index contributed by atoms with van der Waals surface area (Å²) in [7, 11) is 2.11. The van der Waals surface area contributed by atoms with E-state index in [1.165, 1.54) is 19.3 Å². The van der Waals surface area contributed by atoms with Gasteiger partial charge in [-0.3, -0.25) is 4.90 Å². The van der Waals surface area contributed by atoms with Gasteiger partial charge in [0.2, 0.25) is 0 Å². The molecule has 2 heterocycles. The van der Waals surface area contributed by atoms with E-state index in [1.807, 2.05) is 6.92 Å². The Kier molecular flexibility index (Phi) is 4.80. The molecule has 18 heavy (non-hydrogen) atoms. The van der Waals surface area contributed by atoms with Crippen molar-refractivity contribution >= 4 is 0 Å². The van der Waals surface area contributed by atoms with Crippen molar-refractivity contribution in [3.8, 4) is 0 Å². The van der Waals surface area contributed by atoms with Crippen LogP contribution >= 0.6 is 0 Å². The van der Waals surface area contributed by atoms with Crippen LogP contribution in [-0.2, 0) is 17.8 Å². The Morgan fingerprint density at radius 1 is 1.44 bits per heavy atom. The second kappa shape index (κ2) is 6.36. The van der Waals surface area contributed by atoms with Gasteiger partial charge in [0.05, 0.1) is 12.6 Å². The number of likely N-dealkylation sites (N-methyl/N-ethyl adjacent to an activating group) is 1. The monoisotopic (exact) mass is 252 g/mol. The molecule has 2 rings (SSSR count). The van der Waals surface area contributed by atoms with E-state index in [0.29, 0.717) is 12.6 Å². The molecule has 0 saturated carbocycles. The van der Waals surface area contributed by atoms with Crippen molar-refractivity contribution in [2.45, 2.75) is 45.4 Å². The van der Waals surface area contributed by atoms with E-state index in [2.05, 4.69) is 18.0 Å². The second-order valence-corrected chi connectivity index (χ2v) is 5.18. The third-order valence-electron chi connectivity index (χ3n) is 3.51. The minimum atomic E-state index is 0.383. The fourth-order valence-electron chi connectivity index (χ4n) is 2.50. The van der Waals surface area contributed by atoms with E-state index in [9.17, 15) is 0 Å². The number of hydrogen-bond acceptors (Lipinski definition) is 4. The number of aryl methyl sites for hydroxylation is 1. The zero-order chi connectivity index (χ0) is 13.0. The highest BCUT2D eigenvalue weighted by Crippen LogP contribution is 2.17. The molecule has 0 amide bonds. The molecule has 4 nitrogen and oxygen atoms in total. The molecule has 2 N–H and O–H groups in total.